The Labute approximate surface area is 85.9 Å². The minimum absolute atomic E-state index is 0.147. The van der Waals surface area contributed by atoms with E-state index in [9.17, 15) is 0 Å². The van der Waals surface area contributed by atoms with Gasteiger partial charge < -0.3 is 14.2 Å². The van der Waals surface area contributed by atoms with Crippen LogP contribution in [0.1, 0.15) is 27.2 Å². The quantitative estimate of drug-likeness (QED) is 0.726. The summed E-state index contributed by atoms with van der Waals surface area (Å²) < 4.78 is 17.0. The van der Waals surface area contributed by atoms with Gasteiger partial charge in [0, 0.05) is 26.2 Å². The highest BCUT2D eigenvalue weighted by Crippen LogP contribution is 2.25. The van der Waals surface area contributed by atoms with Gasteiger partial charge in [-0.05, 0) is 13.8 Å². The van der Waals surface area contributed by atoms with E-state index >= 15 is 0 Å². The van der Waals surface area contributed by atoms with Crippen LogP contribution in [0, 0.1) is 0 Å². The van der Waals surface area contributed by atoms with Crippen LogP contribution in [-0.2, 0) is 14.2 Å². The minimum atomic E-state index is -0.594. The van der Waals surface area contributed by atoms with Crippen molar-refractivity contribution in [3.8, 4) is 0 Å². The van der Waals surface area contributed by atoms with E-state index in [4.69, 9.17) is 14.2 Å². The molecule has 0 amide bonds. The number of ether oxygens (including phenoxy) is 3. The molecule has 1 aliphatic rings. The smallest absolute Gasteiger partial charge is 0.208 e. The van der Waals surface area contributed by atoms with E-state index < -0.39 is 5.79 Å². The second kappa shape index (κ2) is 5.66. The molecule has 4 nitrogen and oxygen atoms in total. The Morgan fingerprint density at radius 2 is 2.14 bits per heavy atom. The van der Waals surface area contributed by atoms with E-state index in [1.165, 1.54) is 0 Å². The second-order valence-electron chi connectivity index (χ2n) is 3.24. The van der Waals surface area contributed by atoms with Crippen molar-refractivity contribution in [3.05, 3.63) is 0 Å². The number of rotatable bonds is 5. The van der Waals surface area contributed by atoms with Crippen molar-refractivity contribution in [1.29, 1.82) is 0 Å². The Kier molecular flexibility index (Phi) is 4.81. The van der Waals surface area contributed by atoms with Crippen molar-refractivity contribution in [2.75, 3.05) is 26.4 Å². The van der Waals surface area contributed by atoms with Crippen LogP contribution in [0.2, 0.25) is 0 Å². The molecular weight excluding hydrogens is 182 g/mol. The summed E-state index contributed by atoms with van der Waals surface area (Å²) in [7, 11) is 0. The molecule has 4 heteroatoms. The van der Waals surface area contributed by atoms with Crippen LogP contribution in [0.3, 0.4) is 0 Å². The lowest BCUT2D eigenvalue weighted by Crippen LogP contribution is -2.60. The van der Waals surface area contributed by atoms with Crippen LogP contribution >= 0.6 is 0 Å². The van der Waals surface area contributed by atoms with Crippen molar-refractivity contribution in [2.45, 2.75) is 39.2 Å². The normalized spacial score (nSPS) is 33.2. The van der Waals surface area contributed by atoms with Crippen LogP contribution in [-0.4, -0.2) is 38.4 Å². The van der Waals surface area contributed by atoms with E-state index in [2.05, 4.69) is 12.2 Å². The molecule has 2 unspecified atom stereocenters. The lowest BCUT2D eigenvalue weighted by atomic mass is 10.1. The third-order valence-electron chi connectivity index (χ3n) is 2.39. The Morgan fingerprint density at radius 1 is 1.36 bits per heavy atom. The fraction of sp³-hybridized carbons (Fsp3) is 1.00. The second-order valence-corrected chi connectivity index (χ2v) is 3.24. The maximum Gasteiger partial charge on any atom is 0.208 e. The topological polar surface area (TPSA) is 39.7 Å². The molecule has 0 saturated carbocycles. The summed E-state index contributed by atoms with van der Waals surface area (Å²) in [5, 5.41) is 3.27. The van der Waals surface area contributed by atoms with Crippen LogP contribution in [0.4, 0.5) is 0 Å². The zero-order valence-corrected chi connectivity index (χ0v) is 9.34. The van der Waals surface area contributed by atoms with Crippen molar-refractivity contribution in [2.24, 2.45) is 0 Å². The van der Waals surface area contributed by atoms with Crippen molar-refractivity contribution in [3.63, 3.8) is 0 Å². The van der Waals surface area contributed by atoms with Gasteiger partial charge in [-0.15, -0.1) is 0 Å². The fourth-order valence-corrected chi connectivity index (χ4v) is 1.75. The Hall–Kier alpha value is -0.160. The number of hydrogen-bond acceptors (Lipinski definition) is 4. The van der Waals surface area contributed by atoms with Gasteiger partial charge >= 0.3 is 0 Å². The zero-order valence-electron chi connectivity index (χ0n) is 9.34. The summed E-state index contributed by atoms with van der Waals surface area (Å²) in [6, 6.07) is 0. The Balaban J connectivity index is 2.65. The first-order valence-corrected chi connectivity index (χ1v) is 5.42. The molecule has 0 aliphatic carbocycles. The van der Waals surface area contributed by atoms with Gasteiger partial charge in [-0.1, -0.05) is 6.92 Å². The maximum atomic E-state index is 5.71. The molecule has 0 aromatic carbocycles. The molecule has 0 spiro atoms. The molecule has 14 heavy (non-hydrogen) atoms. The predicted octanol–water partition coefficient (Wildman–Crippen LogP) is 1.11. The largest absolute Gasteiger partial charge is 0.358 e. The third-order valence-corrected chi connectivity index (χ3v) is 2.39. The summed E-state index contributed by atoms with van der Waals surface area (Å²) in [5.41, 5.74) is 0. The Morgan fingerprint density at radius 3 is 2.71 bits per heavy atom. The molecule has 1 rings (SSSR count). The van der Waals surface area contributed by atoms with E-state index in [-0.39, 0.29) is 6.23 Å². The van der Waals surface area contributed by atoms with Gasteiger partial charge in [-0.25, -0.2) is 0 Å². The van der Waals surface area contributed by atoms with Gasteiger partial charge in [0.2, 0.25) is 5.79 Å². The van der Waals surface area contributed by atoms with Gasteiger partial charge in [-0.3, -0.25) is 5.32 Å². The van der Waals surface area contributed by atoms with Gasteiger partial charge in [0.25, 0.3) is 0 Å². The molecule has 2 atom stereocenters. The van der Waals surface area contributed by atoms with Gasteiger partial charge in [0.15, 0.2) is 6.23 Å². The molecule has 84 valence electrons. The highest BCUT2D eigenvalue weighted by Gasteiger charge is 2.42. The fourth-order valence-electron chi connectivity index (χ4n) is 1.75. The first kappa shape index (κ1) is 11.9. The molecule has 1 aliphatic heterocycles. The van der Waals surface area contributed by atoms with Crippen molar-refractivity contribution < 1.29 is 14.2 Å². The highest BCUT2D eigenvalue weighted by atomic mass is 16.7. The minimum Gasteiger partial charge on any atom is -0.358 e. The highest BCUT2D eigenvalue weighted by molar-refractivity contribution is 4.81. The average molecular weight is 203 g/mol. The van der Waals surface area contributed by atoms with E-state index in [1.807, 2.05) is 13.8 Å². The molecule has 0 aromatic rings. The number of nitrogens with one attached hydrogen (secondary N) is 1. The maximum absolute atomic E-state index is 5.71. The summed E-state index contributed by atoms with van der Waals surface area (Å²) in [6.07, 6.45) is 0.643. The standard InChI is InChI=1S/C10H21NO3/c1-4-10(13-6-3)9(12-5-2)11-7-8-14-10/h9,11H,4-8H2,1-3H3. The molecule has 1 fully saturated rings. The molecule has 0 bridgehead atoms. The summed E-state index contributed by atoms with van der Waals surface area (Å²) in [6.45, 7) is 8.79. The van der Waals surface area contributed by atoms with Gasteiger partial charge in [0.05, 0.1) is 6.61 Å². The van der Waals surface area contributed by atoms with Crippen LogP contribution in [0.15, 0.2) is 0 Å². The summed E-state index contributed by atoms with van der Waals surface area (Å²) in [4.78, 5) is 0. The van der Waals surface area contributed by atoms with Crippen LogP contribution in [0.5, 0.6) is 0 Å². The lowest BCUT2D eigenvalue weighted by Gasteiger charge is -2.42. The SMILES string of the molecule is CCOC1NCCOC1(CC)OCC. The molecular formula is C10H21NO3. The Bertz CT molecular complexity index is 159. The molecule has 1 heterocycles. The summed E-state index contributed by atoms with van der Waals surface area (Å²) in [5.74, 6) is -0.594. The lowest BCUT2D eigenvalue weighted by molar-refractivity contribution is -0.313. The zero-order chi connectivity index (χ0) is 10.4. The molecule has 1 saturated heterocycles. The third kappa shape index (κ3) is 2.45. The first-order valence-electron chi connectivity index (χ1n) is 5.42. The van der Waals surface area contributed by atoms with Gasteiger partial charge in [-0.2, -0.15) is 0 Å². The van der Waals surface area contributed by atoms with Gasteiger partial charge in [0.1, 0.15) is 0 Å². The number of morpholine rings is 1. The number of hydrogen-bond donors (Lipinski definition) is 1. The van der Waals surface area contributed by atoms with Crippen LogP contribution < -0.4 is 5.32 Å². The van der Waals surface area contributed by atoms with Crippen molar-refractivity contribution >= 4 is 0 Å². The summed E-state index contributed by atoms with van der Waals surface area (Å²) >= 11 is 0. The molecule has 0 radical (unpaired) electrons. The molecule has 1 N–H and O–H groups in total. The monoisotopic (exact) mass is 203 g/mol. The molecule has 0 aromatic heterocycles. The van der Waals surface area contributed by atoms with E-state index in [0.29, 0.717) is 19.8 Å². The van der Waals surface area contributed by atoms with E-state index in [0.717, 1.165) is 13.0 Å². The average Bonchev–Trinajstić information content (AvgIpc) is 2.22. The van der Waals surface area contributed by atoms with Crippen LogP contribution in [0.25, 0.3) is 0 Å². The first-order chi connectivity index (χ1) is 6.79. The predicted molar refractivity (Wildman–Crippen MR) is 54.0 cm³/mol. The van der Waals surface area contributed by atoms with E-state index in [1.54, 1.807) is 0 Å². The van der Waals surface area contributed by atoms with Crippen molar-refractivity contribution in [1.82, 2.24) is 5.32 Å².